The summed E-state index contributed by atoms with van der Waals surface area (Å²) in [6.07, 6.45) is 3.64. The molecule has 0 aromatic carbocycles. The lowest BCUT2D eigenvalue weighted by molar-refractivity contribution is -0.143. The van der Waals surface area contributed by atoms with Crippen molar-refractivity contribution in [3.63, 3.8) is 0 Å². The van der Waals surface area contributed by atoms with E-state index in [0.717, 1.165) is 52.0 Å². The van der Waals surface area contributed by atoms with Crippen molar-refractivity contribution in [1.82, 2.24) is 15.5 Å². The maximum Gasteiger partial charge on any atom is 0.305 e. The van der Waals surface area contributed by atoms with Crippen molar-refractivity contribution in [2.45, 2.75) is 44.2 Å². The molecule has 3 N–H and O–H groups in total. The number of carboxylic acid groups (broad SMARTS) is 1. The van der Waals surface area contributed by atoms with E-state index in [1.54, 1.807) is 0 Å². The zero-order valence-electron chi connectivity index (χ0n) is 11.2. The Morgan fingerprint density at radius 3 is 2.44 bits per heavy atom. The quantitative estimate of drug-likeness (QED) is 0.636. The fourth-order valence-corrected chi connectivity index (χ4v) is 3.29. The van der Waals surface area contributed by atoms with E-state index < -0.39 is 5.97 Å². The van der Waals surface area contributed by atoms with Gasteiger partial charge in [0.15, 0.2) is 0 Å². The Bertz CT molecular complexity index is 286. The largest absolute Gasteiger partial charge is 0.481 e. The van der Waals surface area contributed by atoms with Gasteiger partial charge < -0.3 is 15.7 Å². The average Bonchev–Trinajstić information content (AvgIpc) is 2.32. The number of carbonyl (C=O) groups is 1. The highest BCUT2D eigenvalue weighted by Crippen LogP contribution is 2.30. The lowest BCUT2D eigenvalue weighted by Crippen LogP contribution is -2.72. The fourth-order valence-electron chi connectivity index (χ4n) is 3.29. The molecule has 0 spiro atoms. The Morgan fingerprint density at radius 2 is 2.00 bits per heavy atom. The summed E-state index contributed by atoms with van der Waals surface area (Å²) in [6.45, 7) is 6.95. The van der Waals surface area contributed by atoms with Crippen LogP contribution in [0.15, 0.2) is 0 Å². The number of hydrogen-bond acceptors (Lipinski definition) is 4. The number of rotatable bonds is 6. The normalized spacial score (nSPS) is 23.9. The van der Waals surface area contributed by atoms with Crippen LogP contribution >= 0.6 is 0 Å². The Hall–Kier alpha value is -0.650. The highest BCUT2D eigenvalue weighted by molar-refractivity contribution is 5.69. The molecule has 0 aromatic heterocycles. The maximum absolute atomic E-state index is 11.1. The molecule has 2 rings (SSSR count). The van der Waals surface area contributed by atoms with Crippen LogP contribution in [0.25, 0.3) is 0 Å². The van der Waals surface area contributed by atoms with Gasteiger partial charge in [0, 0.05) is 19.1 Å². The first kappa shape index (κ1) is 13.8. The summed E-state index contributed by atoms with van der Waals surface area (Å²) >= 11 is 0. The molecule has 18 heavy (non-hydrogen) atoms. The summed E-state index contributed by atoms with van der Waals surface area (Å²) in [4.78, 5) is 13.6. The van der Waals surface area contributed by atoms with Gasteiger partial charge >= 0.3 is 5.97 Å². The summed E-state index contributed by atoms with van der Waals surface area (Å²) in [5.41, 5.74) is -0.135. The second-order valence-corrected chi connectivity index (χ2v) is 5.57. The molecule has 0 bridgehead atoms. The number of nitrogens with one attached hydrogen (secondary N) is 2. The minimum absolute atomic E-state index is 0.135. The molecule has 2 saturated heterocycles. The van der Waals surface area contributed by atoms with Crippen LogP contribution in [0.2, 0.25) is 0 Å². The molecule has 2 heterocycles. The minimum atomic E-state index is -0.675. The third-order valence-corrected chi connectivity index (χ3v) is 4.21. The molecule has 0 saturated carbocycles. The molecule has 0 aliphatic carbocycles. The summed E-state index contributed by atoms with van der Waals surface area (Å²) in [5.74, 6) is -0.675. The molecule has 2 aliphatic heterocycles. The Morgan fingerprint density at radius 1 is 1.33 bits per heavy atom. The van der Waals surface area contributed by atoms with E-state index in [1.165, 1.54) is 0 Å². The molecule has 0 radical (unpaired) electrons. The predicted molar refractivity (Wildman–Crippen MR) is 70.7 cm³/mol. The second-order valence-electron chi connectivity index (χ2n) is 5.57. The van der Waals surface area contributed by atoms with Crippen LogP contribution in [0, 0.1) is 0 Å². The maximum atomic E-state index is 11.1. The Kier molecular flexibility index (Phi) is 4.59. The molecular formula is C13H25N3O2. The van der Waals surface area contributed by atoms with Crippen LogP contribution in [0.4, 0.5) is 0 Å². The standard InChI is InChI=1S/C13H25N3O2/c1-2-7-16(11-3-5-14-6-4-11)13(8-12(17)18)9-15-10-13/h11,14-15H,2-10H2,1H3,(H,17,18). The van der Waals surface area contributed by atoms with Gasteiger partial charge in [-0.2, -0.15) is 0 Å². The van der Waals surface area contributed by atoms with Crippen LogP contribution in [0.1, 0.15) is 32.6 Å². The van der Waals surface area contributed by atoms with Gasteiger partial charge in [0.2, 0.25) is 0 Å². The average molecular weight is 255 g/mol. The van der Waals surface area contributed by atoms with E-state index >= 15 is 0 Å². The molecule has 5 nitrogen and oxygen atoms in total. The van der Waals surface area contributed by atoms with Crippen molar-refractivity contribution in [2.24, 2.45) is 0 Å². The number of aliphatic carboxylic acids is 1. The third-order valence-electron chi connectivity index (χ3n) is 4.21. The smallest absolute Gasteiger partial charge is 0.305 e. The van der Waals surface area contributed by atoms with Gasteiger partial charge in [0.25, 0.3) is 0 Å². The zero-order chi connectivity index (χ0) is 13.0. The van der Waals surface area contributed by atoms with Crippen LogP contribution in [-0.2, 0) is 4.79 Å². The summed E-state index contributed by atoms with van der Waals surface area (Å²) in [7, 11) is 0. The SMILES string of the molecule is CCCN(C1CCNCC1)C1(CC(=O)O)CNC1. The van der Waals surface area contributed by atoms with E-state index in [0.29, 0.717) is 6.04 Å². The Labute approximate surface area is 109 Å². The van der Waals surface area contributed by atoms with Gasteiger partial charge in [-0.1, -0.05) is 6.92 Å². The first-order chi connectivity index (χ1) is 8.68. The number of nitrogens with zero attached hydrogens (tertiary/aromatic N) is 1. The summed E-state index contributed by atoms with van der Waals surface area (Å²) in [5, 5.41) is 15.8. The van der Waals surface area contributed by atoms with Crippen molar-refractivity contribution >= 4 is 5.97 Å². The minimum Gasteiger partial charge on any atom is -0.481 e. The van der Waals surface area contributed by atoms with Gasteiger partial charge in [-0.15, -0.1) is 0 Å². The number of hydrogen-bond donors (Lipinski definition) is 3. The van der Waals surface area contributed by atoms with Crippen LogP contribution in [-0.4, -0.2) is 60.3 Å². The third kappa shape index (κ3) is 2.84. The van der Waals surface area contributed by atoms with Gasteiger partial charge in [0.1, 0.15) is 0 Å². The van der Waals surface area contributed by atoms with E-state index in [2.05, 4.69) is 22.5 Å². The second kappa shape index (κ2) is 5.99. The van der Waals surface area contributed by atoms with E-state index in [9.17, 15) is 4.79 Å². The predicted octanol–water partition coefficient (Wildman–Crippen LogP) is 0.267. The molecule has 0 unspecified atom stereocenters. The van der Waals surface area contributed by atoms with Gasteiger partial charge in [-0.25, -0.2) is 0 Å². The number of carboxylic acids is 1. The molecule has 5 heteroatoms. The Balaban J connectivity index is 2.08. The molecule has 0 amide bonds. The lowest BCUT2D eigenvalue weighted by Gasteiger charge is -2.54. The molecule has 0 atom stereocenters. The molecule has 0 aromatic rings. The first-order valence-electron chi connectivity index (χ1n) is 7.08. The summed E-state index contributed by atoms with van der Waals surface area (Å²) < 4.78 is 0. The van der Waals surface area contributed by atoms with Crippen molar-refractivity contribution in [2.75, 3.05) is 32.7 Å². The summed E-state index contributed by atoms with van der Waals surface area (Å²) in [6, 6.07) is 0.549. The molecule has 2 fully saturated rings. The van der Waals surface area contributed by atoms with E-state index in [4.69, 9.17) is 5.11 Å². The zero-order valence-corrected chi connectivity index (χ0v) is 11.2. The topological polar surface area (TPSA) is 64.6 Å². The highest BCUT2D eigenvalue weighted by atomic mass is 16.4. The van der Waals surface area contributed by atoms with Gasteiger partial charge in [0.05, 0.1) is 12.0 Å². The van der Waals surface area contributed by atoms with Crippen molar-refractivity contribution < 1.29 is 9.90 Å². The van der Waals surface area contributed by atoms with Crippen molar-refractivity contribution in [3.8, 4) is 0 Å². The van der Waals surface area contributed by atoms with Crippen molar-refractivity contribution in [1.29, 1.82) is 0 Å². The van der Waals surface area contributed by atoms with Gasteiger partial charge in [-0.3, -0.25) is 9.69 Å². The molecule has 2 aliphatic rings. The van der Waals surface area contributed by atoms with Crippen LogP contribution in [0.5, 0.6) is 0 Å². The van der Waals surface area contributed by atoms with Crippen LogP contribution in [0.3, 0.4) is 0 Å². The fraction of sp³-hybridized carbons (Fsp3) is 0.923. The van der Waals surface area contributed by atoms with Gasteiger partial charge in [-0.05, 0) is 38.9 Å². The molecule has 104 valence electrons. The van der Waals surface area contributed by atoms with Crippen LogP contribution < -0.4 is 10.6 Å². The van der Waals surface area contributed by atoms with E-state index in [-0.39, 0.29) is 12.0 Å². The van der Waals surface area contributed by atoms with Crippen molar-refractivity contribution in [3.05, 3.63) is 0 Å². The highest BCUT2D eigenvalue weighted by Gasteiger charge is 2.46. The van der Waals surface area contributed by atoms with E-state index in [1.807, 2.05) is 0 Å². The monoisotopic (exact) mass is 255 g/mol. The number of piperidine rings is 1. The first-order valence-corrected chi connectivity index (χ1v) is 7.08. The molecular weight excluding hydrogens is 230 g/mol. The lowest BCUT2D eigenvalue weighted by atomic mass is 9.83.